The second-order valence-corrected chi connectivity index (χ2v) is 17.4. The van der Waals surface area contributed by atoms with Crippen LogP contribution in [-0.4, -0.2) is 49.8 Å². The van der Waals surface area contributed by atoms with Crippen LogP contribution in [0.3, 0.4) is 0 Å². The van der Waals surface area contributed by atoms with Crippen LogP contribution in [0.25, 0.3) is 0 Å². The van der Waals surface area contributed by atoms with Crippen molar-refractivity contribution in [3.8, 4) is 0 Å². The molecule has 7 heteroatoms. The molecule has 2 heterocycles. The summed E-state index contributed by atoms with van der Waals surface area (Å²) in [7, 11) is -1.08. The Morgan fingerprint density at radius 3 is 2.69 bits per heavy atom. The monoisotopic (exact) mass is 501 g/mol. The van der Waals surface area contributed by atoms with Gasteiger partial charge in [0.2, 0.25) is 0 Å². The van der Waals surface area contributed by atoms with E-state index >= 15 is 0 Å². The minimum Gasteiger partial charge on any atom is -0.377 e. The zero-order valence-electron chi connectivity index (χ0n) is 22.1. The zero-order valence-corrected chi connectivity index (χ0v) is 23.1. The van der Waals surface area contributed by atoms with Gasteiger partial charge >= 0.3 is 0 Å². The van der Waals surface area contributed by atoms with E-state index in [1.165, 1.54) is 29.8 Å². The number of nitrogens with zero attached hydrogens (tertiary/aromatic N) is 2. The predicted molar refractivity (Wildman–Crippen MR) is 142 cm³/mol. The van der Waals surface area contributed by atoms with E-state index in [-0.39, 0.29) is 5.82 Å². The third-order valence-electron chi connectivity index (χ3n) is 7.64. The largest absolute Gasteiger partial charge is 0.377 e. The van der Waals surface area contributed by atoms with Gasteiger partial charge in [-0.3, -0.25) is 0 Å². The fraction of sp³-hybridized carbons (Fsp3) is 0.679. The number of halogens is 1. The Bertz CT molecular complexity index is 937. The van der Waals surface area contributed by atoms with E-state index < -0.39 is 8.07 Å². The van der Waals surface area contributed by atoms with Crippen molar-refractivity contribution in [3.63, 3.8) is 0 Å². The molecule has 0 amide bonds. The summed E-state index contributed by atoms with van der Waals surface area (Å²) in [6.45, 7) is 12.4. The molecule has 4 rings (SSSR count). The SMILES string of the molecule is Cc1cn(COCC[Si](C)(C)C)nc1[C@H]1CCCN[C@H]1COC1CCC(c2cccc(F)c2)CC1. The maximum absolute atomic E-state index is 13.6. The summed E-state index contributed by atoms with van der Waals surface area (Å²) in [5, 5.41) is 8.65. The molecule has 1 aliphatic heterocycles. The Kier molecular flexibility index (Phi) is 9.19. The second-order valence-electron chi connectivity index (χ2n) is 11.8. The second kappa shape index (κ2) is 12.1. The van der Waals surface area contributed by atoms with Gasteiger partial charge in [-0.15, -0.1) is 0 Å². The Morgan fingerprint density at radius 1 is 1.14 bits per heavy atom. The molecule has 2 aromatic rings. The normalized spacial score (nSPS) is 25.6. The van der Waals surface area contributed by atoms with E-state index in [2.05, 4.69) is 44.1 Å². The number of benzene rings is 1. The standard InChI is InChI=1S/C28H44FN3O2Si/c1-21-18-32(20-33-15-16-35(2,3)4)31-28(21)26-9-6-14-30-27(26)19-34-25-12-10-22(11-13-25)23-7-5-8-24(29)17-23/h5,7-8,17-18,22,25-27,30H,6,9-16,19-20H2,1-4H3/t22?,25?,26-,27-/m0/s1. The van der Waals surface area contributed by atoms with E-state index in [0.717, 1.165) is 57.4 Å². The van der Waals surface area contributed by atoms with Crippen LogP contribution in [0.4, 0.5) is 4.39 Å². The summed E-state index contributed by atoms with van der Waals surface area (Å²) in [6, 6.07) is 8.57. The maximum Gasteiger partial charge on any atom is 0.139 e. The van der Waals surface area contributed by atoms with Crippen LogP contribution < -0.4 is 5.32 Å². The molecule has 2 atom stereocenters. The van der Waals surface area contributed by atoms with Crippen molar-refractivity contribution in [2.45, 2.75) is 102 Å². The molecule has 1 saturated carbocycles. The first-order chi connectivity index (χ1) is 16.8. The van der Waals surface area contributed by atoms with Crippen molar-refractivity contribution >= 4 is 8.07 Å². The van der Waals surface area contributed by atoms with Crippen molar-refractivity contribution in [2.75, 3.05) is 19.8 Å². The minimum absolute atomic E-state index is 0.133. The van der Waals surface area contributed by atoms with Gasteiger partial charge in [0.25, 0.3) is 0 Å². The summed E-state index contributed by atoms with van der Waals surface area (Å²) in [4.78, 5) is 0. The smallest absolute Gasteiger partial charge is 0.139 e. The highest BCUT2D eigenvalue weighted by Gasteiger charge is 2.31. The van der Waals surface area contributed by atoms with Crippen LogP contribution in [0.1, 0.15) is 67.2 Å². The number of rotatable bonds is 10. The third kappa shape index (κ3) is 7.72. The third-order valence-corrected chi connectivity index (χ3v) is 9.35. The molecule has 5 nitrogen and oxygen atoms in total. The van der Waals surface area contributed by atoms with Gasteiger partial charge in [-0.1, -0.05) is 31.8 Å². The molecule has 2 fully saturated rings. The number of aryl methyl sites for hydroxylation is 1. The molecule has 0 radical (unpaired) electrons. The Hall–Kier alpha value is -1.54. The van der Waals surface area contributed by atoms with E-state index in [1.807, 2.05) is 10.7 Å². The quantitative estimate of drug-likeness (QED) is 0.310. The fourth-order valence-electron chi connectivity index (χ4n) is 5.52. The minimum atomic E-state index is -1.08. The van der Waals surface area contributed by atoms with Crippen LogP contribution in [0.2, 0.25) is 25.7 Å². The summed E-state index contributed by atoms with van der Waals surface area (Å²) in [5.41, 5.74) is 3.57. The van der Waals surface area contributed by atoms with Crippen molar-refractivity contribution in [3.05, 3.63) is 53.1 Å². The fourth-order valence-corrected chi connectivity index (χ4v) is 6.28. The first kappa shape index (κ1) is 26.5. The zero-order chi connectivity index (χ0) is 24.8. The summed E-state index contributed by atoms with van der Waals surface area (Å²) >= 11 is 0. The highest BCUT2D eigenvalue weighted by molar-refractivity contribution is 6.76. The molecule has 35 heavy (non-hydrogen) atoms. The van der Waals surface area contributed by atoms with E-state index in [1.54, 1.807) is 6.07 Å². The highest BCUT2D eigenvalue weighted by Crippen LogP contribution is 2.35. The average Bonchev–Trinajstić information content (AvgIpc) is 3.20. The number of hydrogen-bond donors (Lipinski definition) is 1. The molecule has 194 valence electrons. The van der Waals surface area contributed by atoms with Crippen molar-refractivity contribution in [2.24, 2.45) is 0 Å². The summed E-state index contributed by atoms with van der Waals surface area (Å²) < 4.78 is 28.0. The van der Waals surface area contributed by atoms with Gasteiger partial charge in [0, 0.05) is 32.8 Å². The van der Waals surface area contributed by atoms with E-state index in [9.17, 15) is 4.39 Å². The van der Waals surface area contributed by atoms with Crippen molar-refractivity contribution in [1.29, 1.82) is 0 Å². The lowest BCUT2D eigenvalue weighted by atomic mass is 9.82. The molecule has 1 aliphatic carbocycles. The van der Waals surface area contributed by atoms with Gasteiger partial charge in [0.05, 0.1) is 18.4 Å². The first-order valence-electron chi connectivity index (χ1n) is 13.5. The van der Waals surface area contributed by atoms with Crippen LogP contribution in [0.15, 0.2) is 30.5 Å². The maximum atomic E-state index is 13.6. The number of aromatic nitrogens is 2. The molecule has 0 spiro atoms. The van der Waals surface area contributed by atoms with Crippen molar-refractivity contribution < 1.29 is 13.9 Å². The topological polar surface area (TPSA) is 48.3 Å². The number of hydrogen-bond acceptors (Lipinski definition) is 4. The van der Waals surface area contributed by atoms with Crippen molar-refractivity contribution in [1.82, 2.24) is 15.1 Å². The van der Waals surface area contributed by atoms with Gasteiger partial charge in [-0.25, -0.2) is 9.07 Å². The molecule has 0 bridgehead atoms. The molecule has 1 saturated heterocycles. The molecule has 0 unspecified atom stereocenters. The van der Waals surface area contributed by atoms with Gasteiger partial charge in [-0.2, -0.15) is 5.10 Å². The predicted octanol–water partition coefficient (Wildman–Crippen LogP) is 6.22. The number of nitrogens with one attached hydrogen (secondary N) is 1. The van der Waals surface area contributed by atoms with Crippen LogP contribution >= 0.6 is 0 Å². The lowest BCUT2D eigenvalue weighted by Crippen LogP contribution is -2.44. The number of piperidine rings is 1. The van der Waals surface area contributed by atoms with Crippen LogP contribution in [0, 0.1) is 12.7 Å². The van der Waals surface area contributed by atoms with Crippen LogP contribution in [0.5, 0.6) is 0 Å². The first-order valence-corrected chi connectivity index (χ1v) is 17.2. The lowest BCUT2D eigenvalue weighted by molar-refractivity contribution is 0.00528. The number of ether oxygens (including phenoxy) is 2. The molecule has 1 aromatic heterocycles. The molecule has 2 aliphatic rings. The molecular weight excluding hydrogens is 457 g/mol. The highest BCUT2D eigenvalue weighted by atomic mass is 28.3. The summed E-state index contributed by atoms with van der Waals surface area (Å²) in [6.07, 6.45) is 8.95. The van der Waals surface area contributed by atoms with Gasteiger partial charge in [-0.05, 0) is 87.2 Å². The molecule has 1 aromatic carbocycles. The molecular formula is C28H44FN3O2Si. The Balaban J connectivity index is 1.27. The Morgan fingerprint density at radius 2 is 1.94 bits per heavy atom. The lowest BCUT2D eigenvalue weighted by Gasteiger charge is -2.35. The average molecular weight is 502 g/mol. The van der Waals surface area contributed by atoms with E-state index in [4.69, 9.17) is 14.6 Å². The van der Waals surface area contributed by atoms with E-state index in [0.29, 0.717) is 30.7 Å². The Labute approximate surface area is 211 Å². The van der Waals surface area contributed by atoms with Gasteiger partial charge in [0.1, 0.15) is 12.5 Å². The van der Waals surface area contributed by atoms with Gasteiger partial charge in [0.15, 0.2) is 0 Å². The van der Waals surface area contributed by atoms with Crippen LogP contribution in [-0.2, 0) is 16.2 Å². The molecule has 1 N–H and O–H groups in total. The van der Waals surface area contributed by atoms with Gasteiger partial charge < -0.3 is 14.8 Å². The summed E-state index contributed by atoms with van der Waals surface area (Å²) in [5.74, 6) is 0.687.